The lowest BCUT2D eigenvalue weighted by atomic mass is 10.2. The number of rotatable bonds is 9. The molecule has 0 atom stereocenters. The topological polar surface area (TPSA) is 110 Å². The Morgan fingerprint density at radius 2 is 1.83 bits per heavy atom. The molecule has 0 fully saturated rings. The molecular weight excluding hydrogens is 452 g/mol. The summed E-state index contributed by atoms with van der Waals surface area (Å²) in [6.45, 7) is 1.32. The number of nitrogens with zero attached hydrogens (tertiary/aromatic N) is 1. The Labute approximate surface area is 183 Å². The summed E-state index contributed by atoms with van der Waals surface area (Å²) in [4.78, 5) is 37.2. The van der Waals surface area contributed by atoms with Gasteiger partial charge in [-0.15, -0.1) is 11.3 Å². The zero-order valence-corrected chi connectivity index (χ0v) is 19.0. The van der Waals surface area contributed by atoms with Crippen LogP contribution >= 0.6 is 22.9 Å². The first-order chi connectivity index (χ1) is 14.0. The number of thiophene rings is 1. The highest BCUT2D eigenvalue weighted by Crippen LogP contribution is 2.26. The van der Waals surface area contributed by atoms with Crippen LogP contribution in [0.25, 0.3) is 0 Å². The Morgan fingerprint density at radius 1 is 1.13 bits per heavy atom. The van der Waals surface area contributed by atoms with Gasteiger partial charge >= 0.3 is 5.97 Å². The summed E-state index contributed by atoms with van der Waals surface area (Å²) in [6.07, 6.45) is -0.154. The van der Waals surface area contributed by atoms with Gasteiger partial charge in [-0.25, -0.2) is 12.7 Å². The van der Waals surface area contributed by atoms with Crippen molar-refractivity contribution in [3.05, 3.63) is 45.1 Å². The van der Waals surface area contributed by atoms with Gasteiger partial charge in [0.25, 0.3) is 5.91 Å². The number of aryl methyl sites for hydroxylation is 1. The lowest BCUT2D eigenvalue weighted by molar-refractivity contribution is -0.147. The first-order valence-corrected chi connectivity index (χ1v) is 11.4. The SMILES string of the molecule is Cc1ccc(C(=O)CCC(=O)OCC(=O)Nc2ccc(Cl)c(S(=O)(=O)N(C)C)c2)s1. The number of halogens is 1. The number of esters is 1. The number of amides is 1. The quantitative estimate of drug-likeness (QED) is 0.443. The van der Waals surface area contributed by atoms with E-state index in [0.29, 0.717) is 4.88 Å². The Kier molecular flexibility index (Phi) is 8.13. The van der Waals surface area contributed by atoms with Crippen molar-refractivity contribution < 1.29 is 27.5 Å². The van der Waals surface area contributed by atoms with Crippen molar-refractivity contribution in [3.8, 4) is 0 Å². The smallest absolute Gasteiger partial charge is 0.306 e. The molecule has 2 aromatic rings. The number of anilines is 1. The normalized spacial score (nSPS) is 11.4. The number of carbonyl (C=O) groups excluding carboxylic acids is 3. The van der Waals surface area contributed by atoms with E-state index in [1.807, 2.05) is 13.0 Å². The van der Waals surface area contributed by atoms with Gasteiger partial charge in [0.1, 0.15) is 4.90 Å². The Hall–Kier alpha value is -2.27. The highest BCUT2D eigenvalue weighted by molar-refractivity contribution is 7.89. The maximum atomic E-state index is 12.3. The van der Waals surface area contributed by atoms with Crippen LogP contribution in [-0.2, 0) is 24.3 Å². The molecule has 1 heterocycles. The van der Waals surface area contributed by atoms with Gasteiger partial charge < -0.3 is 10.1 Å². The predicted molar refractivity (Wildman–Crippen MR) is 115 cm³/mol. The molecule has 0 saturated carbocycles. The third-order valence-corrected chi connectivity index (χ3v) is 7.25. The van der Waals surface area contributed by atoms with Crippen molar-refractivity contribution in [2.45, 2.75) is 24.7 Å². The second kappa shape index (κ2) is 10.2. The molecule has 0 saturated heterocycles. The van der Waals surface area contributed by atoms with Crippen LogP contribution in [0, 0.1) is 6.92 Å². The minimum atomic E-state index is -3.79. The van der Waals surface area contributed by atoms with E-state index in [1.165, 1.54) is 43.6 Å². The number of hydrogen-bond acceptors (Lipinski definition) is 7. The molecule has 0 aliphatic heterocycles. The molecule has 0 radical (unpaired) electrons. The lowest BCUT2D eigenvalue weighted by Gasteiger charge is -2.14. The van der Waals surface area contributed by atoms with Crippen LogP contribution in [0.1, 0.15) is 27.4 Å². The molecule has 0 spiro atoms. The third kappa shape index (κ3) is 6.36. The zero-order chi connectivity index (χ0) is 22.5. The summed E-state index contributed by atoms with van der Waals surface area (Å²) < 4.78 is 30.4. The zero-order valence-electron chi connectivity index (χ0n) is 16.6. The summed E-state index contributed by atoms with van der Waals surface area (Å²) in [6, 6.07) is 7.53. The van der Waals surface area contributed by atoms with Crippen molar-refractivity contribution in [1.82, 2.24) is 4.31 Å². The number of Topliss-reactive ketones (excluding diaryl/α,β-unsaturated/α-hetero) is 1. The summed E-state index contributed by atoms with van der Waals surface area (Å²) in [5, 5.41) is 2.46. The minimum absolute atomic E-state index is 0.0106. The molecule has 0 aliphatic carbocycles. The highest BCUT2D eigenvalue weighted by Gasteiger charge is 2.21. The second-order valence-electron chi connectivity index (χ2n) is 6.47. The van der Waals surface area contributed by atoms with Crippen molar-refractivity contribution in [2.24, 2.45) is 0 Å². The molecule has 1 amide bonds. The molecule has 8 nitrogen and oxygen atoms in total. The number of benzene rings is 1. The summed E-state index contributed by atoms with van der Waals surface area (Å²) in [5.41, 5.74) is 0.184. The van der Waals surface area contributed by atoms with E-state index in [2.05, 4.69) is 5.32 Å². The predicted octanol–water partition coefficient (Wildman–Crippen LogP) is 3.11. The number of hydrogen-bond donors (Lipinski definition) is 1. The summed E-state index contributed by atoms with van der Waals surface area (Å²) in [7, 11) is -1.07. The number of nitrogens with one attached hydrogen (secondary N) is 1. The third-order valence-electron chi connectivity index (χ3n) is 3.91. The van der Waals surface area contributed by atoms with Gasteiger partial charge in [0.05, 0.1) is 16.3 Å². The molecular formula is C19H21ClN2O6S2. The van der Waals surface area contributed by atoms with Gasteiger partial charge in [0.15, 0.2) is 12.4 Å². The van der Waals surface area contributed by atoms with Gasteiger partial charge in [-0.05, 0) is 37.3 Å². The van der Waals surface area contributed by atoms with Crippen molar-refractivity contribution in [3.63, 3.8) is 0 Å². The molecule has 0 aliphatic rings. The lowest BCUT2D eigenvalue weighted by Crippen LogP contribution is -2.23. The summed E-state index contributed by atoms with van der Waals surface area (Å²) in [5.74, 6) is -1.50. The minimum Gasteiger partial charge on any atom is -0.456 e. The first kappa shape index (κ1) is 24.0. The average molecular weight is 473 g/mol. The molecule has 1 N–H and O–H groups in total. The van der Waals surface area contributed by atoms with Gasteiger partial charge in [-0.3, -0.25) is 14.4 Å². The highest BCUT2D eigenvalue weighted by atomic mass is 35.5. The van der Waals surface area contributed by atoms with Crippen molar-refractivity contribution in [1.29, 1.82) is 0 Å². The fourth-order valence-corrected chi connectivity index (χ4v) is 4.54. The van der Waals surface area contributed by atoms with E-state index < -0.39 is 28.5 Å². The second-order valence-corrected chi connectivity index (χ2v) is 10.3. The monoisotopic (exact) mass is 472 g/mol. The maximum absolute atomic E-state index is 12.3. The Morgan fingerprint density at radius 3 is 2.43 bits per heavy atom. The fourth-order valence-electron chi connectivity index (χ4n) is 2.31. The molecule has 2 rings (SSSR count). The van der Waals surface area contributed by atoms with E-state index >= 15 is 0 Å². The Bertz CT molecular complexity index is 1060. The Balaban J connectivity index is 1.87. The number of ether oxygens (including phenoxy) is 1. The van der Waals surface area contributed by atoms with Gasteiger partial charge in [0, 0.05) is 31.1 Å². The van der Waals surface area contributed by atoms with Crippen LogP contribution < -0.4 is 5.32 Å². The van der Waals surface area contributed by atoms with Crippen molar-refractivity contribution in [2.75, 3.05) is 26.0 Å². The molecule has 30 heavy (non-hydrogen) atoms. The van der Waals surface area contributed by atoms with Gasteiger partial charge in [0.2, 0.25) is 10.0 Å². The average Bonchev–Trinajstić information content (AvgIpc) is 3.12. The van der Waals surface area contributed by atoms with Crippen LogP contribution in [0.5, 0.6) is 0 Å². The first-order valence-electron chi connectivity index (χ1n) is 8.78. The van der Waals surface area contributed by atoms with Crippen LogP contribution in [0.2, 0.25) is 5.02 Å². The standard InChI is InChI=1S/C19H21ClN2O6S2/c1-12-4-8-16(29-12)15(23)7-9-19(25)28-11-18(24)21-13-5-6-14(20)17(10-13)30(26,27)22(2)3/h4-6,8,10H,7,9,11H2,1-3H3,(H,21,24). The fraction of sp³-hybridized carbons (Fsp3) is 0.316. The van der Waals surface area contributed by atoms with Crippen LogP contribution in [0.4, 0.5) is 5.69 Å². The molecule has 0 unspecified atom stereocenters. The van der Waals surface area contributed by atoms with E-state index in [9.17, 15) is 22.8 Å². The van der Waals surface area contributed by atoms with Crippen LogP contribution in [0.3, 0.4) is 0 Å². The summed E-state index contributed by atoms with van der Waals surface area (Å²) >= 11 is 7.31. The van der Waals surface area contributed by atoms with Gasteiger partial charge in [-0.2, -0.15) is 0 Å². The number of sulfonamides is 1. The van der Waals surface area contributed by atoms with E-state index in [-0.39, 0.29) is 34.2 Å². The van der Waals surface area contributed by atoms with Crippen LogP contribution in [-0.4, -0.2) is 51.1 Å². The van der Waals surface area contributed by atoms with E-state index in [0.717, 1.165) is 9.18 Å². The molecule has 1 aromatic heterocycles. The number of carbonyl (C=O) groups is 3. The van der Waals surface area contributed by atoms with E-state index in [1.54, 1.807) is 6.07 Å². The molecule has 0 bridgehead atoms. The molecule has 162 valence electrons. The maximum Gasteiger partial charge on any atom is 0.306 e. The van der Waals surface area contributed by atoms with Gasteiger partial charge in [-0.1, -0.05) is 11.6 Å². The molecule has 11 heteroatoms. The number of ketones is 1. The van der Waals surface area contributed by atoms with Crippen molar-refractivity contribution >= 4 is 56.3 Å². The largest absolute Gasteiger partial charge is 0.456 e. The molecule has 1 aromatic carbocycles. The van der Waals surface area contributed by atoms with Crippen LogP contribution in [0.15, 0.2) is 35.2 Å². The van der Waals surface area contributed by atoms with E-state index in [4.69, 9.17) is 16.3 Å².